The summed E-state index contributed by atoms with van der Waals surface area (Å²) in [4.78, 5) is 23.3. The van der Waals surface area contributed by atoms with E-state index >= 15 is 0 Å². The molecule has 128 valence electrons. The highest BCUT2D eigenvalue weighted by atomic mass is 16.4. The van der Waals surface area contributed by atoms with Gasteiger partial charge in [0.15, 0.2) is 5.69 Å². The highest BCUT2D eigenvalue weighted by molar-refractivity contribution is 5.94. The van der Waals surface area contributed by atoms with Crippen molar-refractivity contribution in [2.75, 3.05) is 0 Å². The SMILES string of the molecule is CCCc1c(C(=O)O)nnn1-c1ccc(C(=O)NC(C)CC)cc1. The van der Waals surface area contributed by atoms with E-state index in [4.69, 9.17) is 0 Å². The molecule has 0 spiro atoms. The van der Waals surface area contributed by atoms with E-state index in [9.17, 15) is 14.7 Å². The van der Waals surface area contributed by atoms with Crippen LogP contribution in [-0.2, 0) is 6.42 Å². The number of carboxylic acid groups (broad SMARTS) is 1. The summed E-state index contributed by atoms with van der Waals surface area (Å²) >= 11 is 0. The predicted octanol–water partition coefficient (Wildman–Crippen LogP) is 2.45. The summed E-state index contributed by atoms with van der Waals surface area (Å²) in [5.74, 6) is -1.22. The van der Waals surface area contributed by atoms with Gasteiger partial charge in [0.05, 0.1) is 11.4 Å². The zero-order chi connectivity index (χ0) is 17.7. The maximum absolute atomic E-state index is 12.1. The van der Waals surface area contributed by atoms with E-state index in [1.54, 1.807) is 24.3 Å². The monoisotopic (exact) mass is 330 g/mol. The van der Waals surface area contributed by atoms with Crippen molar-refractivity contribution in [2.45, 2.75) is 46.1 Å². The quantitative estimate of drug-likeness (QED) is 0.812. The summed E-state index contributed by atoms with van der Waals surface area (Å²) < 4.78 is 1.52. The lowest BCUT2D eigenvalue weighted by atomic mass is 10.1. The number of aromatic carboxylic acids is 1. The third-order valence-corrected chi connectivity index (χ3v) is 3.82. The molecule has 24 heavy (non-hydrogen) atoms. The molecule has 7 heteroatoms. The van der Waals surface area contributed by atoms with Crippen LogP contribution in [0.25, 0.3) is 5.69 Å². The maximum atomic E-state index is 12.1. The molecule has 2 rings (SSSR count). The molecule has 1 aromatic carbocycles. The van der Waals surface area contributed by atoms with E-state index in [1.807, 2.05) is 20.8 Å². The molecule has 0 saturated carbocycles. The molecule has 1 heterocycles. The van der Waals surface area contributed by atoms with Crippen LogP contribution in [0.2, 0.25) is 0 Å². The van der Waals surface area contributed by atoms with Crippen molar-refractivity contribution < 1.29 is 14.7 Å². The average molecular weight is 330 g/mol. The van der Waals surface area contributed by atoms with Crippen molar-refractivity contribution in [3.05, 3.63) is 41.2 Å². The summed E-state index contributed by atoms with van der Waals surface area (Å²) in [6, 6.07) is 6.99. The second-order valence-corrected chi connectivity index (χ2v) is 5.68. The fraction of sp³-hybridized carbons (Fsp3) is 0.412. The number of hydrogen-bond donors (Lipinski definition) is 2. The van der Waals surface area contributed by atoms with Crippen molar-refractivity contribution >= 4 is 11.9 Å². The highest BCUT2D eigenvalue weighted by Gasteiger charge is 2.19. The Morgan fingerprint density at radius 2 is 1.92 bits per heavy atom. The summed E-state index contributed by atoms with van der Waals surface area (Å²) in [5.41, 5.74) is 1.76. The minimum absolute atomic E-state index is 0.0320. The molecule has 0 aliphatic rings. The molecule has 1 unspecified atom stereocenters. The Morgan fingerprint density at radius 1 is 1.25 bits per heavy atom. The number of carbonyl (C=O) groups excluding carboxylic acids is 1. The van der Waals surface area contributed by atoms with E-state index in [0.717, 1.165) is 12.8 Å². The van der Waals surface area contributed by atoms with Gasteiger partial charge in [0, 0.05) is 11.6 Å². The first kappa shape index (κ1) is 17.7. The first-order chi connectivity index (χ1) is 11.5. The molecule has 1 amide bonds. The van der Waals surface area contributed by atoms with Crippen LogP contribution in [0.1, 0.15) is 60.2 Å². The van der Waals surface area contributed by atoms with Gasteiger partial charge in [0.1, 0.15) is 0 Å². The van der Waals surface area contributed by atoms with Crippen molar-refractivity contribution in [1.82, 2.24) is 20.3 Å². The molecule has 1 aromatic heterocycles. The molecule has 7 nitrogen and oxygen atoms in total. The molecule has 0 bridgehead atoms. The number of hydrogen-bond acceptors (Lipinski definition) is 4. The number of nitrogens with one attached hydrogen (secondary N) is 1. The van der Waals surface area contributed by atoms with Gasteiger partial charge in [-0.2, -0.15) is 0 Å². The van der Waals surface area contributed by atoms with Crippen molar-refractivity contribution in [2.24, 2.45) is 0 Å². The number of rotatable bonds is 7. The number of carbonyl (C=O) groups is 2. The Kier molecular flexibility index (Phi) is 5.68. The predicted molar refractivity (Wildman–Crippen MR) is 89.5 cm³/mol. The zero-order valence-electron chi connectivity index (χ0n) is 14.1. The molecule has 0 aliphatic carbocycles. The molecule has 0 aliphatic heterocycles. The van der Waals surface area contributed by atoms with Gasteiger partial charge >= 0.3 is 5.97 Å². The lowest BCUT2D eigenvalue weighted by Crippen LogP contribution is -2.31. The number of benzene rings is 1. The summed E-state index contributed by atoms with van der Waals surface area (Å²) in [6.07, 6.45) is 2.20. The van der Waals surface area contributed by atoms with Gasteiger partial charge in [0.25, 0.3) is 5.91 Å². The Labute approximate surface area is 140 Å². The lowest BCUT2D eigenvalue weighted by Gasteiger charge is -2.12. The molecular formula is C17H22N4O3. The van der Waals surface area contributed by atoms with Gasteiger partial charge in [-0.3, -0.25) is 4.79 Å². The number of aromatic nitrogens is 3. The smallest absolute Gasteiger partial charge is 0.358 e. The minimum Gasteiger partial charge on any atom is -0.476 e. The van der Waals surface area contributed by atoms with Crippen LogP contribution in [0.5, 0.6) is 0 Å². The van der Waals surface area contributed by atoms with Crippen LogP contribution < -0.4 is 5.32 Å². The molecule has 0 radical (unpaired) electrons. The van der Waals surface area contributed by atoms with Gasteiger partial charge in [0.2, 0.25) is 0 Å². The summed E-state index contributed by atoms with van der Waals surface area (Å²) in [5, 5.41) is 19.8. The third kappa shape index (κ3) is 3.79. The maximum Gasteiger partial charge on any atom is 0.358 e. The Bertz CT molecular complexity index is 722. The van der Waals surface area contributed by atoms with E-state index in [0.29, 0.717) is 23.4 Å². The van der Waals surface area contributed by atoms with E-state index < -0.39 is 5.97 Å². The van der Waals surface area contributed by atoms with Gasteiger partial charge in [-0.1, -0.05) is 25.5 Å². The zero-order valence-corrected chi connectivity index (χ0v) is 14.1. The van der Waals surface area contributed by atoms with Crippen molar-refractivity contribution in [3.8, 4) is 5.69 Å². The number of carboxylic acids is 1. The first-order valence-electron chi connectivity index (χ1n) is 8.07. The van der Waals surface area contributed by atoms with E-state index in [2.05, 4.69) is 15.6 Å². The minimum atomic E-state index is -1.09. The number of amides is 1. The Morgan fingerprint density at radius 3 is 2.46 bits per heavy atom. The highest BCUT2D eigenvalue weighted by Crippen LogP contribution is 2.16. The van der Waals surface area contributed by atoms with Crippen LogP contribution in [0.3, 0.4) is 0 Å². The molecule has 2 N–H and O–H groups in total. The average Bonchev–Trinajstić information content (AvgIpc) is 2.99. The molecule has 0 saturated heterocycles. The lowest BCUT2D eigenvalue weighted by molar-refractivity contribution is 0.0688. The largest absolute Gasteiger partial charge is 0.476 e. The molecule has 0 fully saturated rings. The van der Waals surface area contributed by atoms with Crippen molar-refractivity contribution in [1.29, 1.82) is 0 Å². The molecule has 1 atom stereocenters. The van der Waals surface area contributed by atoms with E-state index in [-0.39, 0.29) is 17.6 Å². The second kappa shape index (κ2) is 7.72. The van der Waals surface area contributed by atoms with Crippen LogP contribution in [0.15, 0.2) is 24.3 Å². The van der Waals surface area contributed by atoms with Gasteiger partial charge in [-0.05, 0) is 44.0 Å². The summed E-state index contributed by atoms with van der Waals surface area (Å²) in [7, 11) is 0. The normalized spacial score (nSPS) is 12.0. The Balaban J connectivity index is 2.28. The molecule has 2 aromatic rings. The second-order valence-electron chi connectivity index (χ2n) is 5.68. The fourth-order valence-corrected chi connectivity index (χ4v) is 2.30. The van der Waals surface area contributed by atoms with Crippen LogP contribution in [0.4, 0.5) is 0 Å². The fourth-order valence-electron chi connectivity index (χ4n) is 2.30. The van der Waals surface area contributed by atoms with Crippen LogP contribution in [-0.4, -0.2) is 38.0 Å². The Hall–Kier alpha value is -2.70. The first-order valence-corrected chi connectivity index (χ1v) is 8.07. The van der Waals surface area contributed by atoms with Gasteiger partial charge in [-0.25, -0.2) is 9.48 Å². The number of nitrogens with zero attached hydrogens (tertiary/aromatic N) is 3. The summed E-state index contributed by atoms with van der Waals surface area (Å²) in [6.45, 7) is 5.92. The third-order valence-electron chi connectivity index (χ3n) is 3.82. The van der Waals surface area contributed by atoms with Gasteiger partial charge in [-0.15, -0.1) is 5.10 Å². The van der Waals surface area contributed by atoms with E-state index in [1.165, 1.54) is 4.68 Å². The van der Waals surface area contributed by atoms with Crippen molar-refractivity contribution in [3.63, 3.8) is 0 Å². The molecular weight excluding hydrogens is 308 g/mol. The van der Waals surface area contributed by atoms with Crippen LogP contribution >= 0.6 is 0 Å². The van der Waals surface area contributed by atoms with Crippen LogP contribution in [0, 0.1) is 0 Å². The standard InChI is InChI=1S/C17H22N4O3/c1-4-6-14-15(17(23)24)19-20-21(14)13-9-7-12(8-10-13)16(22)18-11(3)5-2/h7-11H,4-6H2,1-3H3,(H,18,22)(H,23,24). The topological polar surface area (TPSA) is 97.1 Å². The van der Waals surface area contributed by atoms with Gasteiger partial charge < -0.3 is 10.4 Å².